The van der Waals surface area contributed by atoms with E-state index in [1.807, 2.05) is 0 Å². The Hall–Kier alpha value is -2.47. The van der Waals surface area contributed by atoms with Gasteiger partial charge in [0.2, 0.25) is 26.0 Å². The molecule has 1 atom stereocenters. The molecule has 4 rings (SSSR count). The second-order valence-corrected chi connectivity index (χ2v) is 12.6. The Morgan fingerprint density at radius 2 is 1.57 bits per heavy atom. The highest BCUT2D eigenvalue weighted by Crippen LogP contribution is 2.32. The first-order valence-electron chi connectivity index (χ1n) is 11.8. The summed E-state index contributed by atoms with van der Waals surface area (Å²) in [6, 6.07) is 11.6. The van der Waals surface area contributed by atoms with Crippen molar-refractivity contribution in [2.75, 3.05) is 32.1 Å². The summed E-state index contributed by atoms with van der Waals surface area (Å²) >= 11 is 0. The molecule has 35 heavy (non-hydrogen) atoms. The first-order valence-corrected chi connectivity index (χ1v) is 14.7. The Morgan fingerprint density at radius 1 is 0.886 bits per heavy atom. The van der Waals surface area contributed by atoms with Gasteiger partial charge in [0.25, 0.3) is 0 Å². The molecule has 0 unspecified atom stereocenters. The predicted octanol–water partition coefficient (Wildman–Crippen LogP) is 3.05. The summed E-state index contributed by atoms with van der Waals surface area (Å²) in [5.74, 6) is -0.296. The van der Waals surface area contributed by atoms with E-state index in [4.69, 9.17) is 4.74 Å². The van der Waals surface area contributed by atoms with Crippen LogP contribution in [0.2, 0.25) is 0 Å². The van der Waals surface area contributed by atoms with Crippen molar-refractivity contribution in [3.8, 4) is 5.75 Å². The second kappa shape index (κ2) is 10.7. The average Bonchev–Trinajstić information content (AvgIpc) is 2.89. The molecule has 1 amide bonds. The van der Waals surface area contributed by atoms with Gasteiger partial charge in [-0.15, -0.1) is 0 Å². The van der Waals surface area contributed by atoms with E-state index in [1.54, 1.807) is 24.3 Å². The SMILES string of the molecule is COc1ccc(NC(=O)[C@@H]2CCCCN2S(=O)(=O)c2ccccc2)cc1S(=O)(=O)N1CCCCC1. The summed E-state index contributed by atoms with van der Waals surface area (Å²) < 4.78 is 61.1. The van der Waals surface area contributed by atoms with Gasteiger partial charge in [-0.2, -0.15) is 8.61 Å². The minimum absolute atomic E-state index is 0.0166. The molecule has 9 nitrogen and oxygen atoms in total. The van der Waals surface area contributed by atoms with E-state index in [-0.39, 0.29) is 27.8 Å². The molecule has 0 spiro atoms. The molecule has 2 aromatic rings. The zero-order valence-corrected chi connectivity index (χ0v) is 21.4. The minimum atomic E-state index is -3.86. The number of carbonyl (C=O) groups excluding carboxylic acids is 1. The van der Waals surface area contributed by atoms with Crippen molar-refractivity contribution in [1.29, 1.82) is 0 Å². The summed E-state index contributed by atoms with van der Waals surface area (Å²) in [5, 5.41) is 2.75. The van der Waals surface area contributed by atoms with E-state index >= 15 is 0 Å². The molecule has 0 aromatic heterocycles. The van der Waals surface area contributed by atoms with E-state index in [9.17, 15) is 21.6 Å². The number of benzene rings is 2. The van der Waals surface area contributed by atoms with Crippen LogP contribution in [0.3, 0.4) is 0 Å². The largest absolute Gasteiger partial charge is 0.495 e. The van der Waals surface area contributed by atoms with Gasteiger partial charge in [0.15, 0.2) is 0 Å². The highest BCUT2D eigenvalue weighted by atomic mass is 32.2. The molecule has 2 fully saturated rings. The van der Waals surface area contributed by atoms with Gasteiger partial charge >= 0.3 is 0 Å². The smallest absolute Gasteiger partial charge is 0.246 e. The first kappa shape index (κ1) is 25.6. The Morgan fingerprint density at radius 3 is 2.26 bits per heavy atom. The summed E-state index contributed by atoms with van der Waals surface area (Å²) in [5.41, 5.74) is 0.272. The number of methoxy groups -OCH3 is 1. The highest BCUT2D eigenvalue weighted by molar-refractivity contribution is 7.89. The lowest BCUT2D eigenvalue weighted by Crippen LogP contribution is -2.49. The lowest BCUT2D eigenvalue weighted by atomic mass is 10.0. The van der Waals surface area contributed by atoms with Gasteiger partial charge < -0.3 is 10.1 Å². The minimum Gasteiger partial charge on any atom is -0.495 e. The van der Waals surface area contributed by atoms with E-state index in [2.05, 4.69) is 5.32 Å². The third-order valence-corrected chi connectivity index (χ3v) is 10.3. The zero-order chi connectivity index (χ0) is 25.1. The summed E-state index contributed by atoms with van der Waals surface area (Å²) in [6.45, 7) is 1.12. The molecule has 2 saturated heterocycles. The van der Waals surface area contributed by atoms with Crippen LogP contribution in [-0.4, -0.2) is 64.1 Å². The van der Waals surface area contributed by atoms with Gasteiger partial charge in [-0.1, -0.05) is 31.0 Å². The van der Waals surface area contributed by atoms with Crippen molar-refractivity contribution in [3.63, 3.8) is 0 Å². The fourth-order valence-corrected chi connectivity index (χ4v) is 7.98. The number of hydrogen-bond acceptors (Lipinski definition) is 6. The molecule has 0 aliphatic carbocycles. The first-order chi connectivity index (χ1) is 16.7. The second-order valence-electron chi connectivity index (χ2n) is 8.76. The predicted molar refractivity (Wildman–Crippen MR) is 132 cm³/mol. The third kappa shape index (κ3) is 5.37. The number of piperidine rings is 2. The van der Waals surface area contributed by atoms with Crippen LogP contribution < -0.4 is 10.1 Å². The van der Waals surface area contributed by atoms with Crippen LogP contribution in [0.1, 0.15) is 38.5 Å². The number of amides is 1. The number of nitrogens with one attached hydrogen (secondary N) is 1. The van der Waals surface area contributed by atoms with Crippen LogP contribution in [0.4, 0.5) is 5.69 Å². The van der Waals surface area contributed by atoms with E-state index in [0.717, 1.165) is 25.7 Å². The van der Waals surface area contributed by atoms with Crippen molar-refractivity contribution in [3.05, 3.63) is 48.5 Å². The summed E-state index contributed by atoms with van der Waals surface area (Å²) in [6.07, 6.45) is 4.35. The molecule has 2 aliphatic rings. The molecular formula is C24H31N3O6S2. The Labute approximate surface area is 207 Å². The van der Waals surface area contributed by atoms with Crippen molar-refractivity contribution < 1.29 is 26.4 Å². The normalized spacial score (nSPS) is 20.3. The van der Waals surface area contributed by atoms with Gasteiger partial charge in [0.05, 0.1) is 12.0 Å². The van der Waals surface area contributed by atoms with Gasteiger partial charge in [0, 0.05) is 25.3 Å². The molecule has 0 radical (unpaired) electrons. The van der Waals surface area contributed by atoms with Gasteiger partial charge in [0.1, 0.15) is 16.7 Å². The van der Waals surface area contributed by atoms with Gasteiger partial charge in [-0.05, 0) is 56.0 Å². The fourth-order valence-electron chi connectivity index (χ4n) is 4.61. The number of sulfonamides is 2. The lowest BCUT2D eigenvalue weighted by molar-refractivity contribution is -0.120. The maximum absolute atomic E-state index is 13.3. The average molecular weight is 522 g/mol. The molecule has 2 aliphatic heterocycles. The maximum Gasteiger partial charge on any atom is 0.246 e. The molecule has 2 heterocycles. The molecule has 190 valence electrons. The van der Waals surface area contributed by atoms with Crippen LogP contribution in [0.5, 0.6) is 5.75 Å². The van der Waals surface area contributed by atoms with Crippen molar-refractivity contribution in [1.82, 2.24) is 8.61 Å². The Balaban J connectivity index is 1.60. The number of anilines is 1. The Bertz CT molecular complexity index is 1260. The monoisotopic (exact) mass is 521 g/mol. The number of nitrogens with zero attached hydrogens (tertiary/aromatic N) is 2. The summed E-state index contributed by atoms with van der Waals surface area (Å²) in [4.78, 5) is 13.4. The van der Waals surface area contributed by atoms with Crippen LogP contribution in [0.25, 0.3) is 0 Å². The van der Waals surface area contributed by atoms with Crippen LogP contribution in [0, 0.1) is 0 Å². The lowest BCUT2D eigenvalue weighted by Gasteiger charge is -2.33. The summed E-state index contributed by atoms with van der Waals surface area (Å²) in [7, 11) is -6.26. The maximum atomic E-state index is 13.3. The molecule has 2 aromatic carbocycles. The molecule has 0 bridgehead atoms. The standard InChI is InChI=1S/C24H31N3O6S2/c1-33-22-14-13-19(18-23(22)35(31,32)26-15-7-3-8-16-26)25-24(28)21-12-6-9-17-27(21)34(29,30)20-10-4-2-5-11-20/h2,4-5,10-11,13-14,18,21H,3,6-9,12,15-17H2,1H3,(H,25,28)/t21-/m0/s1. The topological polar surface area (TPSA) is 113 Å². The zero-order valence-electron chi connectivity index (χ0n) is 19.7. The van der Waals surface area contributed by atoms with Crippen molar-refractivity contribution in [2.45, 2.75) is 54.4 Å². The fraction of sp³-hybridized carbons (Fsp3) is 0.458. The molecule has 1 N–H and O–H groups in total. The number of hydrogen-bond donors (Lipinski definition) is 1. The molecule has 0 saturated carbocycles. The Kier molecular flexibility index (Phi) is 7.80. The highest BCUT2D eigenvalue weighted by Gasteiger charge is 2.38. The van der Waals surface area contributed by atoms with Gasteiger partial charge in [-0.25, -0.2) is 16.8 Å². The van der Waals surface area contributed by atoms with Crippen molar-refractivity contribution >= 4 is 31.6 Å². The van der Waals surface area contributed by atoms with E-state index in [0.29, 0.717) is 25.9 Å². The van der Waals surface area contributed by atoms with Gasteiger partial charge in [-0.3, -0.25) is 4.79 Å². The van der Waals surface area contributed by atoms with Crippen LogP contribution >= 0.6 is 0 Å². The number of ether oxygens (including phenoxy) is 1. The number of carbonyl (C=O) groups is 1. The van der Waals surface area contributed by atoms with Crippen molar-refractivity contribution in [2.24, 2.45) is 0 Å². The molecular weight excluding hydrogens is 490 g/mol. The van der Waals surface area contributed by atoms with Crippen LogP contribution in [0.15, 0.2) is 58.3 Å². The van der Waals surface area contributed by atoms with E-state index < -0.39 is 32.0 Å². The van der Waals surface area contributed by atoms with Crippen LogP contribution in [-0.2, 0) is 24.8 Å². The quantitative estimate of drug-likeness (QED) is 0.599. The third-order valence-electron chi connectivity index (χ3n) is 6.47. The molecule has 11 heteroatoms. The van der Waals surface area contributed by atoms with E-state index in [1.165, 1.54) is 40.0 Å². The number of rotatable bonds is 7.